The lowest BCUT2D eigenvalue weighted by atomic mass is 10.2. The van der Waals surface area contributed by atoms with Crippen molar-refractivity contribution >= 4 is 23.4 Å². The van der Waals surface area contributed by atoms with Gasteiger partial charge in [-0.3, -0.25) is 4.79 Å². The third kappa shape index (κ3) is 4.45. The summed E-state index contributed by atoms with van der Waals surface area (Å²) in [5.41, 5.74) is -0.0943. The van der Waals surface area contributed by atoms with E-state index < -0.39 is 23.7 Å². The number of amides is 1. The van der Waals surface area contributed by atoms with E-state index >= 15 is 0 Å². The molecule has 0 atom stereocenters. The van der Waals surface area contributed by atoms with Crippen LogP contribution < -0.4 is 5.32 Å². The minimum atomic E-state index is -4.37. The van der Waals surface area contributed by atoms with Crippen LogP contribution in [-0.2, 0) is 0 Å². The Hall–Kier alpha value is -2.09. The second-order valence-electron chi connectivity index (χ2n) is 4.19. The third-order valence-electron chi connectivity index (χ3n) is 2.51. The van der Waals surface area contributed by atoms with Crippen LogP contribution in [0.3, 0.4) is 0 Å². The maximum absolute atomic E-state index is 13.5. The molecule has 22 heavy (non-hydrogen) atoms. The SMILES string of the molecule is O=C(Nc1ccccc1F)c1cccnc1SCC(F)(F)F. The summed E-state index contributed by atoms with van der Waals surface area (Å²) in [6, 6.07) is 8.26. The highest BCUT2D eigenvalue weighted by molar-refractivity contribution is 7.99. The number of hydrogen-bond acceptors (Lipinski definition) is 3. The molecule has 0 aliphatic rings. The Labute approximate surface area is 127 Å². The van der Waals surface area contributed by atoms with E-state index in [9.17, 15) is 22.4 Å². The normalized spacial score (nSPS) is 11.3. The van der Waals surface area contributed by atoms with E-state index in [0.29, 0.717) is 11.8 Å². The first-order chi connectivity index (χ1) is 10.4. The number of benzene rings is 1. The van der Waals surface area contributed by atoms with Gasteiger partial charge >= 0.3 is 6.18 Å². The van der Waals surface area contributed by atoms with Crippen molar-refractivity contribution in [1.29, 1.82) is 0 Å². The van der Waals surface area contributed by atoms with Crippen molar-refractivity contribution < 1.29 is 22.4 Å². The zero-order valence-electron chi connectivity index (χ0n) is 11.0. The van der Waals surface area contributed by atoms with Gasteiger partial charge in [-0.2, -0.15) is 13.2 Å². The van der Waals surface area contributed by atoms with Gasteiger partial charge in [0.1, 0.15) is 10.8 Å². The van der Waals surface area contributed by atoms with Crippen molar-refractivity contribution in [3.8, 4) is 0 Å². The second-order valence-corrected chi connectivity index (χ2v) is 5.16. The molecule has 0 saturated heterocycles. The Kier molecular flexibility index (Phi) is 5.02. The van der Waals surface area contributed by atoms with Gasteiger partial charge < -0.3 is 5.32 Å². The summed E-state index contributed by atoms with van der Waals surface area (Å²) in [7, 11) is 0. The number of para-hydroxylation sites is 1. The number of aromatic nitrogens is 1. The number of carbonyl (C=O) groups excluding carboxylic acids is 1. The number of halogens is 4. The maximum atomic E-state index is 13.5. The number of rotatable bonds is 4. The highest BCUT2D eigenvalue weighted by Gasteiger charge is 2.28. The Morgan fingerprint density at radius 1 is 1.18 bits per heavy atom. The summed E-state index contributed by atoms with van der Waals surface area (Å²) in [4.78, 5) is 15.9. The number of thioether (sulfide) groups is 1. The standard InChI is InChI=1S/C14H10F4N2OS/c15-10-5-1-2-6-11(10)20-12(21)9-4-3-7-19-13(9)22-8-14(16,17)18/h1-7H,8H2,(H,20,21). The molecule has 8 heteroatoms. The molecule has 0 aliphatic carbocycles. The quantitative estimate of drug-likeness (QED) is 0.677. The zero-order chi connectivity index (χ0) is 16.2. The average molecular weight is 330 g/mol. The maximum Gasteiger partial charge on any atom is 0.398 e. The van der Waals surface area contributed by atoms with E-state index in [4.69, 9.17) is 0 Å². The van der Waals surface area contributed by atoms with Crippen LogP contribution in [0.2, 0.25) is 0 Å². The minimum absolute atomic E-state index is 0.0417. The first-order valence-electron chi connectivity index (χ1n) is 6.07. The van der Waals surface area contributed by atoms with Gasteiger partial charge in [0.25, 0.3) is 5.91 Å². The van der Waals surface area contributed by atoms with E-state index in [1.54, 1.807) is 0 Å². The Morgan fingerprint density at radius 2 is 1.91 bits per heavy atom. The number of alkyl halides is 3. The van der Waals surface area contributed by atoms with Crippen LogP contribution in [-0.4, -0.2) is 22.8 Å². The summed E-state index contributed by atoms with van der Waals surface area (Å²) < 4.78 is 50.3. The van der Waals surface area contributed by atoms with Gasteiger partial charge in [-0.1, -0.05) is 23.9 Å². The third-order valence-corrected chi connectivity index (χ3v) is 3.58. The summed E-state index contributed by atoms with van der Waals surface area (Å²) in [6.45, 7) is 0. The van der Waals surface area contributed by atoms with Crippen LogP contribution >= 0.6 is 11.8 Å². The molecule has 0 fully saturated rings. The van der Waals surface area contributed by atoms with Gasteiger partial charge in [0.2, 0.25) is 0 Å². The molecule has 116 valence electrons. The van der Waals surface area contributed by atoms with Crippen molar-refractivity contribution in [1.82, 2.24) is 4.98 Å². The molecular weight excluding hydrogens is 320 g/mol. The highest BCUT2D eigenvalue weighted by Crippen LogP contribution is 2.28. The number of pyridine rings is 1. The Morgan fingerprint density at radius 3 is 2.59 bits per heavy atom. The van der Waals surface area contributed by atoms with E-state index in [1.807, 2.05) is 0 Å². The molecule has 0 unspecified atom stereocenters. The van der Waals surface area contributed by atoms with Gasteiger partial charge in [-0.25, -0.2) is 9.37 Å². The molecule has 0 radical (unpaired) electrons. The number of anilines is 1. The number of nitrogens with zero attached hydrogens (tertiary/aromatic N) is 1. The van der Waals surface area contributed by atoms with Crippen molar-refractivity contribution in [3.05, 3.63) is 54.0 Å². The fourth-order valence-corrected chi connectivity index (χ4v) is 2.33. The van der Waals surface area contributed by atoms with E-state index in [2.05, 4.69) is 10.3 Å². The first kappa shape index (κ1) is 16.3. The van der Waals surface area contributed by atoms with Gasteiger partial charge in [-0.15, -0.1) is 0 Å². The van der Waals surface area contributed by atoms with Crippen LogP contribution in [0.4, 0.5) is 23.2 Å². The summed E-state index contributed by atoms with van der Waals surface area (Å²) in [5, 5.41) is 2.25. The van der Waals surface area contributed by atoms with Crippen molar-refractivity contribution in [3.63, 3.8) is 0 Å². The highest BCUT2D eigenvalue weighted by atomic mass is 32.2. The smallest absolute Gasteiger partial charge is 0.319 e. The van der Waals surface area contributed by atoms with Crippen LogP contribution in [0.5, 0.6) is 0 Å². The molecule has 1 aromatic carbocycles. The van der Waals surface area contributed by atoms with Gasteiger partial charge in [0.05, 0.1) is 17.0 Å². The predicted molar refractivity (Wildman–Crippen MR) is 75.4 cm³/mol. The summed E-state index contributed by atoms with van der Waals surface area (Å²) in [5.74, 6) is -2.52. The van der Waals surface area contributed by atoms with E-state index in [0.717, 1.165) is 6.07 Å². The van der Waals surface area contributed by atoms with Crippen LogP contribution in [0, 0.1) is 5.82 Å². The molecular formula is C14H10F4N2OS. The molecule has 0 bridgehead atoms. The number of nitrogens with one attached hydrogen (secondary N) is 1. The zero-order valence-corrected chi connectivity index (χ0v) is 11.8. The number of hydrogen-bond donors (Lipinski definition) is 1. The topological polar surface area (TPSA) is 42.0 Å². The molecule has 3 nitrogen and oxygen atoms in total. The van der Waals surface area contributed by atoms with Crippen molar-refractivity contribution in [2.45, 2.75) is 11.2 Å². The lowest BCUT2D eigenvalue weighted by molar-refractivity contribution is -0.105. The fourth-order valence-electron chi connectivity index (χ4n) is 1.58. The largest absolute Gasteiger partial charge is 0.398 e. The lowest BCUT2D eigenvalue weighted by Gasteiger charge is -2.10. The van der Waals surface area contributed by atoms with Crippen LogP contribution in [0.1, 0.15) is 10.4 Å². The Bertz CT molecular complexity index is 676. The van der Waals surface area contributed by atoms with Crippen molar-refractivity contribution in [2.24, 2.45) is 0 Å². The van der Waals surface area contributed by atoms with Crippen LogP contribution in [0.15, 0.2) is 47.6 Å². The molecule has 0 saturated carbocycles. The predicted octanol–water partition coefficient (Wildman–Crippen LogP) is 4.13. The van der Waals surface area contributed by atoms with Crippen molar-refractivity contribution in [2.75, 3.05) is 11.1 Å². The monoisotopic (exact) mass is 330 g/mol. The fraction of sp³-hybridized carbons (Fsp3) is 0.143. The molecule has 1 aromatic heterocycles. The summed E-state index contributed by atoms with van der Waals surface area (Å²) >= 11 is 0.406. The molecule has 2 aromatic rings. The molecule has 1 heterocycles. The van der Waals surface area contributed by atoms with Crippen LogP contribution in [0.25, 0.3) is 0 Å². The van der Waals surface area contributed by atoms with E-state index in [-0.39, 0.29) is 16.3 Å². The number of carbonyl (C=O) groups is 1. The molecule has 1 N–H and O–H groups in total. The van der Waals surface area contributed by atoms with Gasteiger partial charge in [-0.05, 0) is 24.3 Å². The first-order valence-corrected chi connectivity index (χ1v) is 7.06. The minimum Gasteiger partial charge on any atom is -0.319 e. The average Bonchev–Trinajstić information content (AvgIpc) is 2.47. The lowest BCUT2D eigenvalue weighted by Crippen LogP contribution is -2.16. The van der Waals surface area contributed by atoms with E-state index in [1.165, 1.54) is 36.5 Å². The summed E-state index contributed by atoms with van der Waals surface area (Å²) in [6.07, 6.45) is -3.08. The molecule has 1 amide bonds. The molecule has 0 spiro atoms. The Balaban J connectivity index is 2.18. The van der Waals surface area contributed by atoms with Gasteiger partial charge in [0.15, 0.2) is 0 Å². The second kappa shape index (κ2) is 6.78. The molecule has 2 rings (SSSR count). The molecule has 0 aliphatic heterocycles. The van der Waals surface area contributed by atoms with Gasteiger partial charge in [0, 0.05) is 6.20 Å².